The molecule has 1 nitrogen and oxygen atoms in total. The number of hydrogen-bond acceptors (Lipinski definition) is 1. The molecule has 4 rings (SSSR count). The minimum absolute atomic E-state index is 0.0342. The Morgan fingerprint density at radius 3 is 2.72 bits per heavy atom. The van der Waals surface area contributed by atoms with Crippen molar-refractivity contribution < 1.29 is 5.11 Å². The average Bonchev–Trinajstić information content (AvgIpc) is 2.90. The fourth-order valence-corrected chi connectivity index (χ4v) is 7.89. The van der Waals surface area contributed by atoms with Crippen LogP contribution in [0.5, 0.6) is 0 Å². The largest absolute Gasteiger partial charge is 0.393 e. The Morgan fingerprint density at radius 2 is 1.92 bits per heavy atom. The maximum atomic E-state index is 10.7. The van der Waals surface area contributed by atoms with Crippen molar-refractivity contribution in [3.05, 3.63) is 11.6 Å². The van der Waals surface area contributed by atoms with Gasteiger partial charge < -0.3 is 5.11 Å². The van der Waals surface area contributed by atoms with Crippen molar-refractivity contribution in [2.45, 2.75) is 104 Å². The van der Waals surface area contributed by atoms with Crippen LogP contribution < -0.4 is 0 Å². The summed E-state index contributed by atoms with van der Waals surface area (Å²) >= 11 is 0. The van der Waals surface area contributed by atoms with Gasteiger partial charge in [0.1, 0.15) is 0 Å². The maximum Gasteiger partial charge on any atom is 0.0596 e. The summed E-state index contributed by atoms with van der Waals surface area (Å²) in [6.45, 7) is 7.38. The second-order valence-corrected chi connectivity index (χ2v) is 10.4. The molecule has 0 bridgehead atoms. The molecular formula is C24H40O. The Labute approximate surface area is 155 Å². The molecule has 4 aliphatic rings. The molecule has 0 aliphatic heterocycles. The lowest BCUT2D eigenvalue weighted by atomic mass is 9.45. The lowest BCUT2D eigenvalue weighted by Crippen LogP contribution is -2.52. The first-order valence-corrected chi connectivity index (χ1v) is 11.4. The predicted octanol–water partition coefficient (Wildman–Crippen LogP) is 6.51. The van der Waals surface area contributed by atoms with Crippen molar-refractivity contribution in [1.29, 1.82) is 0 Å². The molecule has 142 valence electrons. The first kappa shape index (κ1) is 18.1. The normalized spacial score (nSPS) is 49.1. The third kappa shape index (κ3) is 2.75. The van der Waals surface area contributed by atoms with Crippen LogP contribution in [-0.2, 0) is 0 Å². The van der Waals surface area contributed by atoms with Gasteiger partial charge in [0, 0.05) is 0 Å². The summed E-state index contributed by atoms with van der Waals surface area (Å²) in [5.74, 6) is 3.40. The minimum atomic E-state index is -0.0342. The molecule has 0 aromatic heterocycles. The van der Waals surface area contributed by atoms with Gasteiger partial charge in [-0.2, -0.15) is 0 Å². The van der Waals surface area contributed by atoms with E-state index in [0.29, 0.717) is 5.41 Å². The van der Waals surface area contributed by atoms with Crippen LogP contribution in [0, 0.1) is 34.5 Å². The molecular weight excluding hydrogens is 304 g/mol. The van der Waals surface area contributed by atoms with Crippen LogP contribution in [0.3, 0.4) is 0 Å². The molecule has 4 aliphatic carbocycles. The zero-order chi connectivity index (χ0) is 17.7. The van der Waals surface area contributed by atoms with Crippen LogP contribution in [0.2, 0.25) is 0 Å². The summed E-state index contributed by atoms with van der Waals surface area (Å²) < 4.78 is 0. The summed E-state index contributed by atoms with van der Waals surface area (Å²) in [5.41, 5.74) is 2.58. The van der Waals surface area contributed by atoms with Gasteiger partial charge in [-0.1, -0.05) is 51.7 Å². The Kier molecular flexibility index (Phi) is 4.84. The van der Waals surface area contributed by atoms with Crippen LogP contribution in [0.1, 0.15) is 97.8 Å². The summed E-state index contributed by atoms with van der Waals surface area (Å²) in [6, 6.07) is 0. The van der Waals surface area contributed by atoms with Gasteiger partial charge in [0.2, 0.25) is 0 Å². The van der Waals surface area contributed by atoms with Gasteiger partial charge in [-0.15, -0.1) is 0 Å². The van der Waals surface area contributed by atoms with Gasteiger partial charge in [0.05, 0.1) is 6.10 Å². The SMILES string of the molecule is CCCCC[C@@H]1C[C@H]2[C@@H]3CC[C@H](O)[C@@]3(C)CC[C@@H]2[C@@]2(C)CCCC=C12. The summed E-state index contributed by atoms with van der Waals surface area (Å²) in [5, 5.41) is 10.7. The number of rotatable bonds is 4. The number of aliphatic hydroxyl groups excluding tert-OH is 1. The smallest absolute Gasteiger partial charge is 0.0596 e. The first-order valence-electron chi connectivity index (χ1n) is 11.4. The molecule has 0 amide bonds. The number of allylic oxidation sites excluding steroid dienone is 2. The summed E-state index contributed by atoms with van der Waals surface area (Å²) in [7, 11) is 0. The van der Waals surface area contributed by atoms with Gasteiger partial charge in [-0.25, -0.2) is 0 Å². The monoisotopic (exact) mass is 344 g/mol. The van der Waals surface area contributed by atoms with Gasteiger partial charge >= 0.3 is 0 Å². The molecule has 3 saturated carbocycles. The Bertz CT molecular complexity index is 522. The Balaban J connectivity index is 1.64. The standard InChI is InChI=1S/C24H40O/c1-4-5-6-9-17-16-18-20-11-12-22(25)24(20,3)15-13-21(18)23(2)14-8-7-10-19(17)23/h10,17-18,20-22,25H,4-9,11-16H2,1-3H3/t17-,18+,20+,21+,22+,23+,24+/m1/s1. The lowest BCUT2D eigenvalue weighted by molar-refractivity contribution is -0.0832. The van der Waals surface area contributed by atoms with Gasteiger partial charge in [0.25, 0.3) is 0 Å². The Hall–Kier alpha value is -0.300. The van der Waals surface area contributed by atoms with Crippen molar-refractivity contribution >= 4 is 0 Å². The molecule has 0 unspecified atom stereocenters. The zero-order valence-electron chi connectivity index (χ0n) is 16.9. The molecule has 25 heavy (non-hydrogen) atoms. The molecule has 1 heteroatoms. The number of unbranched alkanes of at least 4 members (excludes halogenated alkanes) is 2. The first-order chi connectivity index (χ1) is 12.0. The summed E-state index contributed by atoms with van der Waals surface area (Å²) in [6.07, 6.45) is 18.8. The van der Waals surface area contributed by atoms with Crippen LogP contribution in [0.4, 0.5) is 0 Å². The van der Waals surface area contributed by atoms with E-state index in [2.05, 4.69) is 26.8 Å². The van der Waals surface area contributed by atoms with Gasteiger partial charge in [0.15, 0.2) is 0 Å². The quantitative estimate of drug-likeness (QED) is 0.455. The second-order valence-electron chi connectivity index (χ2n) is 10.4. The van der Waals surface area contributed by atoms with E-state index in [1.165, 1.54) is 70.6 Å². The molecule has 3 fully saturated rings. The van der Waals surface area contributed by atoms with Crippen molar-refractivity contribution in [1.82, 2.24) is 0 Å². The molecule has 0 spiro atoms. The van der Waals surface area contributed by atoms with Crippen LogP contribution in [0.25, 0.3) is 0 Å². The Morgan fingerprint density at radius 1 is 1.08 bits per heavy atom. The van der Waals surface area contributed by atoms with Gasteiger partial charge in [-0.3, -0.25) is 0 Å². The molecule has 0 heterocycles. The third-order valence-electron chi connectivity index (χ3n) is 9.28. The van der Waals surface area contributed by atoms with Crippen LogP contribution >= 0.6 is 0 Å². The summed E-state index contributed by atoms with van der Waals surface area (Å²) in [4.78, 5) is 0. The van der Waals surface area contributed by atoms with E-state index < -0.39 is 0 Å². The highest BCUT2D eigenvalue weighted by atomic mass is 16.3. The second kappa shape index (κ2) is 6.70. The van der Waals surface area contributed by atoms with Gasteiger partial charge in [-0.05, 0) is 92.3 Å². The highest BCUT2D eigenvalue weighted by Crippen LogP contribution is 2.66. The molecule has 0 saturated heterocycles. The highest BCUT2D eigenvalue weighted by molar-refractivity contribution is 5.26. The number of hydrogen-bond donors (Lipinski definition) is 1. The molecule has 0 aromatic carbocycles. The molecule has 7 atom stereocenters. The van der Waals surface area contributed by atoms with E-state index in [1.807, 2.05) is 5.57 Å². The van der Waals surface area contributed by atoms with E-state index in [1.54, 1.807) is 0 Å². The van der Waals surface area contributed by atoms with E-state index in [-0.39, 0.29) is 11.5 Å². The number of fused-ring (bicyclic) bond motifs is 5. The van der Waals surface area contributed by atoms with Crippen LogP contribution in [0.15, 0.2) is 11.6 Å². The number of aliphatic hydroxyl groups is 1. The fraction of sp³-hybridized carbons (Fsp3) is 0.917. The predicted molar refractivity (Wildman–Crippen MR) is 105 cm³/mol. The molecule has 1 N–H and O–H groups in total. The topological polar surface area (TPSA) is 20.2 Å². The van der Waals surface area contributed by atoms with E-state index in [4.69, 9.17) is 0 Å². The molecule has 0 radical (unpaired) electrons. The lowest BCUT2D eigenvalue weighted by Gasteiger charge is -2.60. The van der Waals surface area contributed by atoms with E-state index >= 15 is 0 Å². The maximum absolute atomic E-state index is 10.7. The minimum Gasteiger partial charge on any atom is -0.393 e. The molecule has 0 aromatic rings. The zero-order valence-corrected chi connectivity index (χ0v) is 16.9. The average molecular weight is 345 g/mol. The third-order valence-corrected chi connectivity index (χ3v) is 9.28. The van der Waals surface area contributed by atoms with Crippen LogP contribution in [-0.4, -0.2) is 11.2 Å². The van der Waals surface area contributed by atoms with E-state index in [9.17, 15) is 5.11 Å². The fourth-order valence-electron chi connectivity index (χ4n) is 7.89. The highest BCUT2D eigenvalue weighted by Gasteiger charge is 2.59. The van der Waals surface area contributed by atoms with Crippen molar-refractivity contribution in [2.75, 3.05) is 0 Å². The van der Waals surface area contributed by atoms with Crippen molar-refractivity contribution in [3.63, 3.8) is 0 Å². The van der Waals surface area contributed by atoms with Crippen molar-refractivity contribution in [2.24, 2.45) is 34.5 Å². The van der Waals surface area contributed by atoms with E-state index in [0.717, 1.165) is 30.1 Å². The van der Waals surface area contributed by atoms with Crippen molar-refractivity contribution in [3.8, 4) is 0 Å².